The molecular formula is C20H17N5O2S. The third kappa shape index (κ3) is 3.41. The zero-order valence-electron chi connectivity index (χ0n) is 15.6. The van der Waals surface area contributed by atoms with Gasteiger partial charge in [-0.2, -0.15) is 11.3 Å². The molecule has 0 aliphatic rings. The lowest BCUT2D eigenvalue weighted by Gasteiger charge is -2.10. The summed E-state index contributed by atoms with van der Waals surface area (Å²) in [5, 5.41) is 12.1. The van der Waals surface area contributed by atoms with Gasteiger partial charge in [0, 0.05) is 36.2 Å². The predicted octanol–water partition coefficient (Wildman–Crippen LogP) is 3.93. The number of nitrogens with zero attached hydrogens (tertiary/aromatic N) is 5. The average Bonchev–Trinajstić information content (AvgIpc) is 3.39. The van der Waals surface area contributed by atoms with Crippen LogP contribution in [0.2, 0.25) is 0 Å². The lowest BCUT2D eigenvalue weighted by molar-refractivity contribution is 0.0827. The van der Waals surface area contributed by atoms with E-state index in [1.54, 1.807) is 48.7 Å². The molecule has 1 amide bonds. The van der Waals surface area contributed by atoms with Crippen molar-refractivity contribution >= 4 is 17.2 Å². The Bertz CT molecular complexity index is 1120. The monoisotopic (exact) mass is 391 g/mol. The van der Waals surface area contributed by atoms with E-state index in [0.717, 1.165) is 11.1 Å². The van der Waals surface area contributed by atoms with Gasteiger partial charge in [0.1, 0.15) is 5.69 Å². The van der Waals surface area contributed by atoms with Crippen LogP contribution in [-0.4, -0.2) is 45.1 Å². The van der Waals surface area contributed by atoms with Gasteiger partial charge in [-0.05, 0) is 30.5 Å². The Kier molecular flexibility index (Phi) is 4.70. The van der Waals surface area contributed by atoms with Crippen molar-refractivity contribution in [3.8, 4) is 34.3 Å². The Labute approximate surface area is 165 Å². The molecular weight excluding hydrogens is 374 g/mol. The van der Waals surface area contributed by atoms with Crippen molar-refractivity contribution in [1.82, 2.24) is 25.1 Å². The van der Waals surface area contributed by atoms with Crippen LogP contribution < -0.4 is 0 Å². The average molecular weight is 391 g/mol. The first kappa shape index (κ1) is 18.0. The summed E-state index contributed by atoms with van der Waals surface area (Å²) >= 11 is 1.56. The van der Waals surface area contributed by atoms with E-state index in [2.05, 4.69) is 20.2 Å². The van der Waals surface area contributed by atoms with E-state index in [1.165, 1.54) is 0 Å². The highest BCUT2D eigenvalue weighted by molar-refractivity contribution is 7.08. The van der Waals surface area contributed by atoms with Crippen molar-refractivity contribution in [3.63, 3.8) is 0 Å². The third-order valence-electron chi connectivity index (χ3n) is 4.18. The van der Waals surface area contributed by atoms with Gasteiger partial charge in [-0.25, -0.2) is 4.98 Å². The number of benzene rings is 1. The third-order valence-corrected chi connectivity index (χ3v) is 4.87. The van der Waals surface area contributed by atoms with E-state index in [1.807, 2.05) is 35.9 Å². The lowest BCUT2D eigenvalue weighted by atomic mass is 10.1. The van der Waals surface area contributed by atoms with Gasteiger partial charge in [-0.1, -0.05) is 12.1 Å². The van der Waals surface area contributed by atoms with Crippen LogP contribution in [0, 0.1) is 6.92 Å². The van der Waals surface area contributed by atoms with E-state index in [0.29, 0.717) is 34.4 Å². The molecule has 0 fully saturated rings. The van der Waals surface area contributed by atoms with E-state index >= 15 is 0 Å². The van der Waals surface area contributed by atoms with E-state index < -0.39 is 0 Å². The quantitative estimate of drug-likeness (QED) is 0.524. The van der Waals surface area contributed by atoms with Crippen LogP contribution in [-0.2, 0) is 0 Å². The molecule has 0 unspecified atom stereocenters. The number of amides is 1. The Morgan fingerprint density at radius 1 is 1.04 bits per heavy atom. The number of aromatic nitrogens is 4. The highest BCUT2D eigenvalue weighted by Gasteiger charge is 2.16. The Hall–Kier alpha value is -3.39. The SMILES string of the molecule is Cc1ncc(-c2ccc(C(=O)N(C)C)cc2)nc1-c1nnc(-c2ccsc2)o1. The lowest BCUT2D eigenvalue weighted by Crippen LogP contribution is -2.21. The van der Waals surface area contributed by atoms with E-state index in [4.69, 9.17) is 4.42 Å². The number of hydrogen-bond acceptors (Lipinski definition) is 7. The second kappa shape index (κ2) is 7.32. The maximum Gasteiger partial charge on any atom is 0.268 e. The molecule has 0 saturated carbocycles. The summed E-state index contributed by atoms with van der Waals surface area (Å²) in [5.74, 6) is 0.732. The summed E-state index contributed by atoms with van der Waals surface area (Å²) < 4.78 is 5.79. The summed E-state index contributed by atoms with van der Waals surface area (Å²) in [6.45, 7) is 1.85. The molecule has 0 spiro atoms. The van der Waals surface area contributed by atoms with Crippen molar-refractivity contribution in [2.75, 3.05) is 14.1 Å². The summed E-state index contributed by atoms with van der Waals surface area (Å²) in [6, 6.07) is 9.18. The van der Waals surface area contributed by atoms with Crippen LogP contribution in [0.5, 0.6) is 0 Å². The zero-order valence-corrected chi connectivity index (χ0v) is 16.4. The number of aryl methyl sites for hydroxylation is 1. The van der Waals surface area contributed by atoms with Crippen molar-refractivity contribution < 1.29 is 9.21 Å². The van der Waals surface area contributed by atoms with Crippen LogP contribution in [0.4, 0.5) is 0 Å². The van der Waals surface area contributed by atoms with Crippen LogP contribution in [0.25, 0.3) is 34.3 Å². The molecule has 1 aromatic carbocycles. The van der Waals surface area contributed by atoms with Gasteiger partial charge in [-0.3, -0.25) is 9.78 Å². The molecule has 3 heterocycles. The molecule has 7 nitrogen and oxygen atoms in total. The Balaban J connectivity index is 1.67. The first-order valence-corrected chi connectivity index (χ1v) is 9.49. The van der Waals surface area contributed by atoms with E-state index in [9.17, 15) is 4.79 Å². The van der Waals surface area contributed by atoms with Crippen LogP contribution >= 0.6 is 11.3 Å². The molecule has 0 atom stereocenters. The molecule has 0 radical (unpaired) electrons. The van der Waals surface area contributed by atoms with Crippen LogP contribution in [0.1, 0.15) is 16.1 Å². The molecule has 0 aliphatic carbocycles. The van der Waals surface area contributed by atoms with Crippen molar-refractivity contribution in [2.24, 2.45) is 0 Å². The number of carbonyl (C=O) groups is 1. The van der Waals surface area contributed by atoms with Crippen molar-refractivity contribution in [3.05, 3.63) is 58.5 Å². The Morgan fingerprint density at radius 3 is 2.46 bits per heavy atom. The minimum Gasteiger partial charge on any atom is -0.415 e. The fourth-order valence-corrected chi connectivity index (χ4v) is 3.28. The molecule has 4 aromatic rings. The maximum atomic E-state index is 12.0. The largest absolute Gasteiger partial charge is 0.415 e. The second-order valence-electron chi connectivity index (χ2n) is 6.39. The van der Waals surface area contributed by atoms with Gasteiger partial charge >= 0.3 is 0 Å². The van der Waals surface area contributed by atoms with Gasteiger partial charge < -0.3 is 9.32 Å². The molecule has 8 heteroatoms. The molecule has 0 aliphatic heterocycles. The smallest absolute Gasteiger partial charge is 0.268 e. The maximum absolute atomic E-state index is 12.0. The topological polar surface area (TPSA) is 85.0 Å². The first-order valence-electron chi connectivity index (χ1n) is 8.55. The standard InChI is InChI=1S/C20H17N5O2S/c1-12-17(19-24-23-18(27-19)15-8-9-28-11-15)22-16(10-21-12)13-4-6-14(7-5-13)20(26)25(2)3/h4-11H,1-3H3. The van der Waals surface area contributed by atoms with Gasteiger partial charge in [0.2, 0.25) is 5.89 Å². The normalized spacial score (nSPS) is 10.8. The first-order chi connectivity index (χ1) is 13.5. The molecule has 4 rings (SSSR count). The van der Waals surface area contributed by atoms with Crippen molar-refractivity contribution in [2.45, 2.75) is 6.92 Å². The van der Waals surface area contributed by atoms with Crippen LogP contribution in [0.3, 0.4) is 0 Å². The number of rotatable bonds is 4. The number of carbonyl (C=O) groups excluding carboxylic acids is 1. The fraction of sp³-hybridized carbons (Fsp3) is 0.150. The van der Waals surface area contributed by atoms with Crippen LogP contribution in [0.15, 0.2) is 51.7 Å². The van der Waals surface area contributed by atoms with Gasteiger partial charge in [0.05, 0.1) is 17.6 Å². The minimum atomic E-state index is -0.0472. The molecule has 3 aromatic heterocycles. The summed E-state index contributed by atoms with van der Waals surface area (Å²) in [4.78, 5) is 22.7. The molecule has 140 valence electrons. The fourth-order valence-electron chi connectivity index (χ4n) is 2.65. The zero-order chi connectivity index (χ0) is 19.7. The number of hydrogen-bond donors (Lipinski definition) is 0. The summed E-state index contributed by atoms with van der Waals surface area (Å²) in [5.41, 5.74) is 4.25. The molecule has 28 heavy (non-hydrogen) atoms. The minimum absolute atomic E-state index is 0.0472. The van der Waals surface area contributed by atoms with Gasteiger partial charge in [0.25, 0.3) is 11.8 Å². The second-order valence-corrected chi connectivity index (χ2v) is 7.17. The predicted molar refractivity (Wildman–Crippen MR) is 107 cm³/mol. The molecule has 0 N–H and O–H groups in total. The number of thiophene rings is 1. The molecule has 0 bridgehead atoms. The van der Waals surface area contributed by atoms with Gasteiger partial charge in [0.15, 0.2) is 0 Å². The highest BCUT2D eigenvalue weighted by Crippen LogP contribution is 2.27. The van der Waals surface area contributed by atoms with E-state index in [-0.39, 0.29) is 5.91 Å². The Morgan fingerprint density at radius 2 is 1.79 bits per heavy atom. The van der Waals surface area contributed by atoms with Crippen molar-refractivity contribution in [1.29, 1.82) is 0 Å². The van der Waals surface area contributed by atoms with Gasteiger partial charge in [-0.15, -0.1) is 10.2 Å². The molecule has 0 saturated heterocycles. The highest BCUT2D eigenvalue weighted by atomic mass is 32.1. The summed E-state index contributed by atoms with van der Waals surface area (Å²) in [7, 11) is 3.45. The summed E-state index contributed by atoms with van der Waals surface area (Å²) in [6.07, 6.45) is 1.69.